The number of nitrogens with one attached hydrogen (secondary N) is 1. The lowest BCUT2D eigenvalue weighted by Crippen LogP contribution is -2.25. The number of hydrogen-bond acceptors (Lipinski definition) is 7. The molecular weight excluding hydrogens is 531 g/mol. The summed E-state index contributed by atoms with van der Waals surface area (Å²) in [6, 6.07) is 13.0. The van der Waals surface area contributed by atoms with Gasteiger partial charge in [0.15, 0.2) is 0 Å². The molecule has 4 aromatic rings. The lowest BCUT2D eigenvalue weighted by Gasteiger charge is -2.15. The third kappa shape index (κ3) is 6.54. The Morgan fingerprint density at radius 1 is 1.05 bits per heavy atom. The maximum Gasteiger partial charge on any atom is 0.142 e. The van der Waals surface area contributed by atoms with Gasteiger partial charge >= 0.3 is 0 Å². The first-order chi connectivity index (χ1) is 19.4. The summed E-state index contributed by atoms with van der Waals surface area (Å²) in [5, 5.41) is 12.3. The Balaban J connectivity index is 1.28. The van der Waals surface area contributed by atoms with Crippen LogP contribution in [0, 0.1) is 5.82 Å². The van der Waals surface area contributed by atoms with Crippen molar-refractivity contribution in [1.29, 1.82) is 0 Å². The van der Waals surface area contributed by atoms with Crippen molar-refractivity contribution in [3.8, 4) is 28.1 Å². The number of aromatic amines is 1. The largest absolute Gasteiger partial charge is 0.488 e. The highest BCUT2D eigenvalue weighted by Gasteiger charge is 2.42. The zero-order valence-corrected chi connectivity index (χ0v) is 23.6. The molecule has 0 saturated heterocycles. The van der Waals surface area contributed by atoms with Crippen molar-refractivity contribution in [1.82, 2.24) is 29.8 Å². The van der Waals surface area contributed by atoms with Crippen LogP contribution in [0.5, 0.6) is 5.75 Å². The van der Waals surface area contributed by atoms with Crippen molar-refractivity contribution < 1.29 is 9.13 Å². The Labute approximate surface area is 238 Å². The Bertz CT molecular complexity index is 1420. The first-order valence-corrected chi connectivity index (χ1v) is 13.8. The van der Waals surface area contributed by atoms with E-state index in [1.165, 1.54) is 6.07 Å². The van der Waals surface area contributed by atoms with Crippen LogP contribution in [-0.2, 0) is 13.1 Å². The molecule has 1 aliphatic carbocycles. The van der Waals surface area contributed by atoms with Gasteiger partial charge in [0.1, 0.15) is 17.7 Å². The molecule has 0 amide bonds. The first kappa shape index (κ1) is 28.3. The molecule has 9 nitrogen and oxygen atoms in total. The third-order valence-corrected chi connectivity index (χ3v) is 7.41. The fraction of sp³-hybridized carbons (Fsp3) is 0.379. The van der Waals surface area contributed by atoms with Crippen LogP contribution in [-0.4, -0.2) is 76.2 Å². The molecule has 5 rings (SSSR count). The number of ether oxygens (including phenoxy) is 1. The predicted octanol–water partition coefficient (Wildman–Crippen LogP) is 3.91. The molecule has 2 aromatic carbocycles. The van der Waals surface area contributed by atoms with E-state index < -0.39 is 5.82 Å². The second-order valence-corrected chi connectivity index (χ2v) is 10.8. The van der Waals surface area contributed by atoms with Crippen molar-refractivity contribution in [2.24, 2.45) is 11.5 Å². The molecule has 1 fully saturated rings. The van der Waals surface area contributed by atoms with E-state index in [-0.39, 0.29) is 17.2 Å². The van der Waals surface area contributed by atoms with Gasteiger partial charge in [-0.3, -0.25) is 14.7 Å². The molecule has 11 heteroatoms. The number of halogens is 2. The van der Waals surface area contributed by atoms with Crippen LogP contribution in [0.2, 0.25) is 5.02 Å². The van der Waals surface area contributed by atoms with E-state index in [1.807, 2.05) is 43.3 Å². The molecule has 2 aromatic heterocycles. The fourth-order valence-electron chi connectivity index (χ4n) is 4.90. The van der Waals surface area contributed by atoms with Gasteiger partial charge in [-0.15, -0.1) is 0 Å². The summed E-state index contributed by atoms with van der Waals surface area (Å²) in [5.74, 6) is 0.341. The molecule has 40 heavy (non-hydrogen) atoms. The van der Waals surface area contributed by atoms with Gasteiger partial charge < -0.3 is 21.1 Å². The smallest absolute Gasteiger partial charge is 0.142 e. The summed E-state index contributed by atoms with van der Waals surface area (Å²) >= 11 is 5.92. The summed E-state index contributed by atoms with van der Waals surface area (Å²) in [6.45, 7) is 4.12. The number of benzene rings is 2. The van der Waals surface area contributed by atoms with Crippen LogP contribution in [0.25, 0.3) is 22.4 Å². The van der Waals surface area contributed by atoms with Gasteiger partial charge in [-0.1, -0.05) is 29.8 Å². The highest BCUT2D eigenvalue weighted by Crippen LogP contribution is 2.41. The van der Waals surface area contributed by atoms with Crippen LogP contribution in [0.4, 0.5) is 4.39 Å². The number of H-pyrrole nitrogens is 1. The van der Waals surface area contributed by atoms with Gasteiger partial charge in [0.05, 0.1) is 28.6 Å². The van der Waals surface area contributed by atoms with Gasteiger partial charge in [-0.2, -0.15) is 10.2 Å². The topological polar surface area (TPSA) is 114 Å². The molecular formula is C29H36ClFN8O. The van der Waals surface area contributed by atoms with Gasteiger partial charge in [0.2, 0.25) is 0 Å². The first-order valence-electron chi connectivity index (χ1n) is 13.5. The number of nitrogens with two attached hydrogens (primary N) is 2. The Hall–Kier alpha value is -3.28. The van der Waals surface area contributed by atoms with E-state index in [2.05, 4.69) is 32.1 Å². The van der Waals surface area contributed by atoms with Gasteiger partial charge in [-0.05, 0) is 43.9 Å². The molecule has 0 radical (unpaired) electrons. The standard InChI is InChI=1S/C29H36ClFN8O/c1-37(11-9-32)16-21-17-39(36-29(21)20-5-8-24(30)25(31)13-20)27-14-28(27)40-22-6-3-19(4-7-22)23-15-34-35-26(23)18-38(2)12-10-33/h3-8,13,15,17,27-28H,9-12,14,16,18,32-33H2,1-2H3,(H,34,35). The lowest BCUT2D eigenvalue weighted by atomic mass is 10.1. The number of nitrogens with zero attached hydrogens (tertiary/aromatic N) is 5. The van der Waals surface area contributed by atoms with Crippen LogP contribution in [0.1, 0.15) is 23.7 Å². The van der Waals surface area contributed by atoms with Crippen molar-refractivity contribution >= 4 is 11.6 Å². The molecule has 2 unspecified atom stereocenters. The van der Waals surface area contributed by atoms with Crippen LogP contribution >= 0.6 is 11.6 Å². The third-order valence-electron chi connectivity index (χ3n) is 7.10. The van der Waals surface area contributed by atoms with E-state index >= 15 is 0 Å². The number of hydrogen-bond donors (Lipinski definition) is 3. The molecule has 2 heterocycles. The van der Waals surface area contributed by atoms with E-state index in [9.17, 15) is 4.39 Å². The summed E-state index contributed by atoms with van der Waals surface area (Å²) in [7, 11) is 4.05. The van der Waals surface area contributed by atoms with Crippen molar-refractivity contribution in [2.75, 3.05) is 40.3 Å². The number of aromatic nitrogens is 4. The molecule has 1 aliphatic rings. The minimum Gasteiger partial charge on any atom is -0.488 e. The normalized spacial score (nSPS) is 16.7. The number of rotatable bonds is 13. The second-order valence-electron chi connectivity index (χ2n) is 10.4. The molecule has 5 N–H and O–H groups in total. The van der Waals surface area contributed by atoms with E-state index in [1.54, 1.807) is 12.1 Å². The van der Waals surface area contributed by atoms with E-state index in [0.717, 1.165) is 59.9 Å². The maximum atomic E-state index is 14.3. The average molecular weight is 567 g/mol. The molecule has 2 atom stereocenters. The molecule has 0 spiro atoms. The predicted molar refractivity (Wildman–Crippen MR) is 156 cm³/mol. The Kier molecular flexibility index (Phi) is 8.82. The highest BCUT2D eigenvalue weighted by molar-refractivity contribution is 6.30. The monoisotopic (exact) mass is 566 g/mol. The average Bonchev–Trinajstić information content (AvgIpc) is 3.32. The number of likely N-dealkylation sites (N-methyl/N-ethyl adjacent to an activating group) is 2. The minimum atomic E-state index is -0.462. The van der Waals surface area contributed by atoms with Crippen molar-refractivity contribution in [3.05, 3.63) is 77.0 Å². The lowest BCUT2D eigenvalue weighted by molar-refractivity contribution is 0.280. The van der Waals surface area contributed by atoms with Gasteiger partial charge in [0, 0.05) is 68.6 Å². The second kappa shape index (κ2) is 12.5. The fourth-order valence-corrected chi connectivity index (χ4v) is 5.01. The van der Waals surface area contributed by atoms with Crippen LogP contribution in [0.15, 0.2) is 54.9 Å². The van der Waals surface area contributed by atoms with Crippen molar-refractivity contribution in [2.45, 2.75) is 31.7 Å². The van der Waals surface area contributed by atoms with Crippen LogP contribution in [0.3, 0.4) is 0 Å². The Morgan fingerprint density at radius 3 is 2.45 bits per heavy atom. The quantitative estimate of drug-likeness (QED) is 0.225. The van der Waals surface area contributed by atoms with Crippen LogP contribution < -0.4 is 16.2 Å². The summed E-state index contributed by atoms with van der Waals surface area (Å²) < 4.78 is 22.5. The summed E-state index contributed by atoms with van der Waals surface area (Å²) in [6.07, 6.45) is 4.73. The SMILES string of the molecule is CN(CCN)Cc1cn(C2CC2Oc2ccc(-c3cn[nH]c3CN(C)CCN)cc2)nc1-c1ccc(Cl)c(F)c1. The molecule has 0 bridgehead atoms. The zero-order chi connectivity index (χ0) is 28.2. The Morgan fingerprint density at radius 2 is 1.75 bits per heavy atom. The zero-order valence-electron chi connectivity index (χ0n) is 22.9. The highest BCUT2D eigenvalue weighted by atomic mass is 35.5. The molecule has 0 aliphatic heterocycles. The summed E-state index contributed by atoms with van der Waals surface area (Å²) in [4.78, 5) is 4.29. The van der Waals surface area contributed by atoms with Crippen molar-refractivity contribution in [3.63, 3.8) is 0 Å². The van der Waals surface area contributed by atoms with Gasteiger partial charge in [0.25, 0.3) is 0 Å². The van der Waals surface area contributed by atoms with E-state index in [0.29, 0.717) is 25.2 Å². The van der Waals surface area contributed by atoms with E-state index in [4.69, 9.17) is 32.9 Å². The summed E-state index contributed by atoms with van der Waals surface area (Å²) in [5.41, 5.74) is 17.0. The maximum absolute atomic E-state index is 14.3. The molecule has 212 valence electrons. The molecule has 1 saturated carbocycles. The van der Waals surface area contributed by atoms with Gasteiger partial charge in [-0.25, -0.2) is 4.39 Å². The minimum absolute atomic E-state index is 0.00424.